The highest BCUT2D eigenvalue weighted by molar-refractivity contribution is 7.88. The highest BCUT2D eigenvalue weighted by Crippen LogP contribution is 1.98. The molecule has 2 N–H and O–H groups in total. The monoisotopic (exact) mass is 279 g/mol. The topological polar surface area (TPSA) is 78.5 Å². The van der Waals surface area contributed by atoms with E-state index < -0.39 is 10.0 Å². The van der Waals surface area contributed by atoms with Crippen LogP contribution in [-0.2, 0) is 14.8 Å². The molecule has 0 aromatic carbocycles. The van der Waals surface area contributed by atoms with Gasteiger partial charge < -0.3 is 10.6 Å². The van der Waals surface area contributed by atoms with Crippen LogP contribution in [0.2, 0.25) is 0 Å². The molecule has 0 aliphatic rings. The molecule has 0 unspecified atom stereocenters. The fraction of sp³-hybridized carbons (Fsp3) is 0.909. The highest BCUT2D eigenvalue weighted by Gasteiger charge is 2.13. The molecule has 0 aromatic rings. The van der Waals surface area contributed by atoms with Gasteiger partial charge in [0.2, 0.25) is 15.9 Å². The molecular formula is C11H25N3O3S. The standard InChI is InChI=1S/C11H25N3O3S/c1-4-14(18(3,16)17)10-6-9-13-11(15)7-5-8-12-2/h12H,4-10H2,1-3H3,(H,13,15). The van der Waals surface area contributed by atoms with E-state index in [4.69, 9.17) is 0 Å². The molecule has 7 heteroatoms. The van der Waals surface area contributed by atoms with Gasteiger partial charge in [0.15, 0.2) is 0 Å². The molecule has 0 saturated carbocycles. The Bertz CT molecular complexity index is 330. The van der Waals surface area contributed by atoms with Crippen molar-refractivity contribution in [2.75, 3.05) is 39.5 Å². The van der Waals surface area contributed by atoms with Crippen molar-refractivity contribution in [3.8, 4) is 0 Å². The van der Waals surface area contributed by atoms with Gasteiger partial charge in [-0.1, -0.05) is 6.92 Å². The first kappa shape index (κ1) is 17.3. The predicted octanol–water partition coefficient (Wildman–Crippen LogP) is -0.226. The van der Waals surface area contributed by atoms with Gasteiger partial charge in [-0.3, -0.25) is 4.79 Å². The van der Waals surface area contributed by atoms with E-state index in [0.717, 1.165) is 13.0 Å². The van der Waals surface area contributed by atoms with Crippen LogP contribution < -0.4 is 10.6 Å². The van der Waals surface area contributed by atoms with Gasteiger partial charge in [-0.05, 0) is 26.4 Å². The fourth-order valence-electron chi connectivity index (χ4n) is 1.56. The second-order valence-electron chi connectivity index (χ2n) is 4.17. The van der Waals surface area contributed by atoms with Gasteiger partial charge in [-0.25, -0.2) is 12.7 Å². The van der Waals surface area contributed by atoms with Crippen LogP contribution in [0.1, 0.15) is 26.2 Å². The number of hydrogen-bond acceptors (Lipinski definition) is 4. The number of nitrogens with one attached hydrogen (secondary N) is 2. The Hall–Kier alpha value is -0.660. The first-order valence-electron chi connectivity index (χ1n) is 6.28. The lowest BCUT2D eigenvalue weighted by Gasteiger charge is -2.17. The average molecular weight is 279 g/mol. The highest BCUT2D eigenvalue weighted by atomic mass is 32.2. The molecule has 0 saturated heterocycles. The third kappa shape index (κ3) is 8.43. The fourth-order valence-corrected chi connectivity index (χ4v) is 2.49. The van der Waals surface area contributed by atoms with Gasteiger partial charge in [-0.2, -0.15) is 0 Å². The van der Waals surface area contributed by atoms with Crippen molar-refractivity contribution in [2.24, 2.45) is 0 Å². The third-order valence-corrected chi connectivity index (χ3v) is 3.94. The van der Waals surface area contributed by atoms with Crippen molar-refractivity contribution in [3.63, 3.8) is 0 Å². The largest absolute Gasteiger partial charge is 0.356 e. The molecule has 0 radical (unpaired) electrons. The SMILES string of the molecule is CCN(CCCNC(=O)CCCNC)S(C)(=O)=O. The summed E-state index contributed by atoms with van der Waals surface area (Å²) in [5, 5.41) is 5.76. The Balaban J connectivity index is 3.69. The van der Waals surface area contributed by atoms with Crippen molar-refractivity contribution in [1.82, 2.24) is 14.9 Å². The number of sulfonamides is 1. The molecule has 0 aliphatic carbocycles. The minimum atomic E-state index is -3.12. The summed E-state index contributed by atoms with van der Waals surface area (Å²) in [7, 11) is -1.27. The zero-order valence-electron chi connectivity index (χ0n) is 11.5. The van der Waals surface area contributed by atoms with Crippen LogP contribution in [0.15, 0.2) is 0 Å². The maximum Gasteiger partial charge on any atom is 0.220 e. The summed E-state index contributed by atoms with van der Waals surface area (Å²) >= 11 is 0. The van der Waals surface area contributed by atoms with Crippen molar-refractivity contribution in [3.05, 3.63) is 0 Å². The number of rotatable bonds is 10. The van der Waals surface area contributed by atoms with Crippen LogP contribution in [0.5, 0.6) is 0 Å². The number of carbonyl (C=O) groups excluding carboxylic acids is 1. The molecule has 0 atom stereocenters. The first-order valence-corrected chi connectivity index (χ1v) is 8.13. The van der Waals surface area contributed by atoms with E-state index >= 15 is 0 Å². The van der Waals surface area contributed by atoms with Crippen LogP contribution >= 0.6 is 0 Å². The summed E-state index contributed by atoms with van der Waals surface area (Å²) in [5.41, 5.74) is 0. The Kier molecular flexibility index (Phi) is 8.95. The van der Waals surface area contributed by atoms with E-state index in [-0.39, 0.29) is 5.91 Å². The van der Waals surface area contributed by atoms with Gasteiger partial charge in [0.05, 0.1) is 6.26 Å². The summed E-state index contributed by atoms with van der Waals surface area (Å²) in [6, 6.07) is 0. The van der Waals surface area contributed by atoms with E-state index in [1.165, 1.54) is 10.6 Å². The number of carbonyl (C=O) groups is 1. The predicted molar refractivity (Wildman–Crippen MR) is 72.9 cm³/mol. The van der Waals surface area contributed by atoms with E-state index in [2.05, 4.69) is 10.6 Å². The molecule has 1 amide bonds. The Morgan fingerprint density at radius 2 is 1.89 bits per heavy atom. The number of hydrogen-bond donors (Lipinski definition) is 2. The summed E-state index contributed by atoms with van der Waals surface area (Å²) in [4.78, 5) is 11.4. The van der Waals surface area contributed by atoms with Crippen molar-refractivity contribution in [1.29, 1.82) is 0 Å². The minimum absolute atomic E-state index is 0.0210. The normalized spacial score (nSPS) is 11.8. The van der Waals surface area contributed by atoms with E-state index in [0.29, 0.717) is 32.5 Å². The lowest BCUT2D eigenvalue weighted by atomic mass is 10.3. The van der Waals surface area contributed by atoms with Gasteiger partial charge >= 0.3 is 0 Å². The molecule has 0 fully saturated rings. The average Bonchev–Trinajstić information content (AvgIpc) is 2.27. The van der Waals surface area contributed by atoms with Crippen molar-refractivity contribution >= 4 is 15.9 Å². The van der Waals surface area contributed by atoms with Crippen LogP contribution in [0.25, 0.3) is 0 Å². The zero-order valence-corrected chi connectivity index (χ0v) is 12.3. The molecule has 6 nitrogen and oxygen atoms in total. The Morgan fingerprint density at radius 1 is 1.22 bits per heavy atom. The second-order valence-corrected chi connectivity index (χ2v) is 6.15. The molecule has 0 bridgehead atoms. The van der Waals surface area contributed by atoms with E-state index in [1.54, 1.807) is 6.92 Å². The molecule has 0 aliphatic heterocycles. The van der Waals surface area contributed by atoms with Crippen molar-refractivity contribution < 1.29 is 13.2 Å². The lowest BCUT2D eigenvalue weighted by molar-refractivity contribution is -0.121. The molecule has 0 rings (SSSR count). The smallest absolute Gasteiger partial charge is 0.220 e. The van der Waals surface area contributed by atoms with E-state index in [1.807, 2.05) is 7.05 Å². The Labute approximate surface area is 110 Å². The van der Waals surface area contributed by atoms with Crippen LogP contribution in [0.4, 0.5) is 0 Å². The second kappa shape index (κ2) is 9.29. The molecule has 0 heterocycles. The van der Waals surface area contributed by atoms with Gasteiger partial charge in [0.1, 0.15) is 0 Å². The number of nitrogens with zero attached hydrogens (tertiary/aromatic N) is 1. The summed E-state index contributed by atoms with van der Waals surface area (Å²) in [6.45, 7) is 4.06. The molecule has 108 valence electrons. The van der Waals surface area contributed by atoms with Gasteiger partial charge in [0.25, 0.3) is 0 Å². The molecule has 0 aromatic heterocycles. The quantitative estimate of drug-likeness (QED) is 0.542. The zero-order chi connectivity index (χ0) is 14.0. The number of amides is 1. The van der Waals surface area contributed by atoms with E-state index in [9.17, 15) is 13.2 Å². The maximum atomic E-state index is 11.4. The Morgan fingerprint density at radius 3 is 2.39 bits per heavy atom. The van der Waals surface area contributed by atoms with Crippen LogP contribution in [0.3, 0.4) is 0 Å². The molecule has 18 heavy (non-hydrogen) atoms. The third-order valence-electron chi connectivity index (χ3n) is 2.56. The summed E-state index contributed by atoms with van der Waals surface area (Å²) in [6.07, 6.45) is 3.16. The van der Waals surface area contributed by atoms with Crippen LogP contribution in [0, 0.1) is 0 Å². The van der Waals surface area contributed by atoms with Gasteiger partial charge in [0, 0.05) is 26.1 Å². The molecule has 0 spiro atoms. The molecular weight excluding hydrogens is 254 g/mol. The van der Waals surface area contributed by atoms with Gasteiger partial charge in [-0.15, -0.1) is 0 Å². The summed E-state index contributed by atoms with van der Waals surface area (Å²) < 4.78 is 24.0. The van der Waals surface area contributed by atoms with Crippen molar-refractivity contribution in [2.45, 2.75) is 26.2 Å². The first-order chi connectivity index (χ1) is 8.41. The minimum Gasteiger partial charge on any atom is -0.356 e. The lowest BCUT2D eigenvalue weighted by Crippen LogP contribution is -2.33. The van der Waals surface area contributed by atoms with Crippen LogP contribution in [-0.4, -0.2) is 58.1 Å². The maximum absolute atomic E-state index is 11.4. The summed E-state index contributed by atoms with van der Waals surface area (Å²) in [5.74, 6) is 0.0210.